The van der Waals surface area contributed by atoms with Gasteiger partial charge in [0.15, 0.2) is 6.61 Å². The van der Waals surface area contributed by atoms with Gasteiger partial charge in [-0.25, -0.2) is 4.98 Å². The summed E-state index contributed by atoms with van der Waals surface area (Å²) in [6.45, 7) is 2.06. The first-order valence-electron chi connectivity index (χ1n) is 9.67. The Kier molecular flexibility index (Phi) is 7.58. The van der Waals surface area contributed by atoms with Crippen molar-refractivity contribution < 1.29 is 19.1 Å². The Balaban J connectivity index is 1.35. The lowest BCUT2D eigenvalue weighted by Gasteiger charge is -2.11. The van der Waals surface area contributed by atoms with E-state index in [4.69, 9.17) is 9.47 Å². The Morgan fingerprint density at radius 1 is 1.07 bits per heavy atom. The molecule has 0 aliphatic carbocycles. The van der Waals surface area contributed by atoms with Gasteiger partial charge in [0.25, 0.3) is 5.91 Å². The molecule has 0 fully saturated rings. The molecule has 2 aromatic carbocycles. The van der Waals surface area contributed by atoms with Crippen LogP contribution in [0.3, 0.4) is 0 Å². The summed E-state index contributed by atoms with van der Waals surface area (Å²) < 4.78 is 11.7. The number of hydrogen-bond acceptors (Lipinski definition) is 6. The third kappa shape index (κ3) is 6.29. The van der Waals surface area contributed by atoms with E-state index >= 15 is 0 Å². The van der Waals surface area contributed by atoms with Crippen molar-refractivity contribution in [2.75, 3.05) is 18.5 Å². The van der Waals surface area contributed by atoms with Crippen molar-refractivity contribution in [3.05, 3.63) is 53.5 Å². The van der Waals surface area contributed by atoms with Gasteiger partial charge in [-0.3, -0.25) is 9.59 Å². The molecule has 3 rings (SSSR count). The van der Waals surface area contributed by atoms with Crippen LogP contribution in [0.15, 0.2) is 48.5 Å². The Bertz CT molecular complexity index is 937. The fraction of sp³-hybridized carbons (Fsp3) is 0.318. The molecule has 0 radical (unpaired) electrons. The van der Waals surface area contributed by atoms with Gasteiger partial charge in [0, 0.05) is 6.42 Å². The summed E-state index contributed by atoms with van der Waals surface area (Å²) in [4.78, 5) is 28.5. The molecule has 1 N–H and O–H groups in total. The number of nitrogens with one attached hydrogen (secondary N) is 1. The fourth-order valence-electron chi connectivity index (χ4n) is 2.83. The number of ether oxygens (including phenoxy) is 2. The summed E-state index contributed by atoms with van der Waals surface area (Å²) in [5.74, 6) is -0.174. The fourth-order valence-corrected chi connectivity index (χ4v) is 3.84. The van der Waals surface area contributed by atoms with Gasteiger partial charge in [-0.1, -0.05) is 24.3 Å². The number of anilines is 1. The minimum atomic E-state index is -0.389. The van der Waals surface area contributed by atoms with E-state index in [1.54, 1.807) is 29.5 Å². The summed E-state index contributed by atoms with van der Waals surface area (Å²) in [6.07, 6.45) is 2.67. The van der Waals surface area contributed by atoms with Crippen molar-refractivity contribution in [3.63, 3.8) is 0 Å². The molecule has 0 aliphatic heterocycles. The van der Waals surface area contributed by atoms with Gasteiger partial charge in [0.1, 0.15) is 5.75 Å². The van der Waals surface area contributed by atoms with Crippen LogP contribution in [-0.2, 0) is 20.7 Å². The highest BCUT2D eigenvalue weighted by Gasteiger charge is 2.11. The standard InChI is InChI=1S/C22H24N2O4S/c1-2-27-18-11-5-3-9-16(18)23-20(25)15-28-22(26)14-8-7-13-21-24-17-10-4-6-12-19(17)29-21/h3-6,9-12H,2,7-8,13-15H2,1H3,(H,23,25). The molecule has 152 valence electrons. The predicted octanol–water partition coefficient (Wildman–Crippen LogP) is 4.59. The lowest BCUT2D eigenvalue weighted by molar-refractivity contribution is -0.147. The molecule has 0 saturated carbocycles. The van der Waals surface area contributed by atoms with Crippen molar-refractivity contribution in [2.45, 2.75) is 32.6 Å². The van der Waals surface area contributed by atoms with Crippen LogP contribution in [-0.4, -0.2) is 30.1 Å². The van der Waals surface area contributed by atoms with E-state index in [0.717, 1.165) is 23.4 Å². The zero-order valence-electron chi connectivity index (χ0n) is 16.3. The lowest BCUT2D eigenvalue weighted by atomic mass is 10.2. The number of carbonyl (C=O) groups excluding carboxylic acids is 2. The van der Waals surface area contributed by atoms with Crippen LogP contribution in [0.4, 0.5) is 5.69 Å². The number of aromatic nitrogens is 1. The molecule has 3 aromatic rings. The third-order valence-electron chi connectivity index (χ3n) is 4.18. The molecule has 0 spiro atoms. The zero-order valence-corrected chi connectivity index (χ0v) is 17.2. The lowest BCUT2D eigenvalue weighted by Crippen LogP contribution is -2.21. The number of unbranched alkanes of at least 4 members (excludes halogenated alkanes) is 1. The Hall–Kier alpha value is -2.93. The number of nitrogens with zero attached hydrogens (tertiary/aromatic N) is 1. The topological polar surface area (TPSA) is 77.5 Å². The highest BCUT2D eigenvalue weighted by Crippen LogP contribution is 2.24. The smallest absolute Gasteiger partial charge is 0.306 e. The Morgan fingerprint density at radius 3 is 2.69 bits per heavy atom. The normalized spacial score (nSPS) is 10.7. The first-order chi connectivity index (χ1) is 14.2. The molecule has 0 unspecified atom stereocenters. The molecule has 0 saturated heterocycles. The summed E-state index contributed by atoms with van der Waals surface area (Å²) in [5, 5.41) is 3.78. The van der Waals surface area contributed by atoms with Crippen molar-refractivity contribution in [1.29, 1.82) is 0 Å². The monoisotopic (exact) mass is 412 g/mol. The van der Waals surface area contributed by atoms with Crippen molar-refractivity contribution in [2.24, 2.45) is 0 Å². The number of para-hydroxylation sites is 3. The number of fused-ring (bicyclic) bond motifs is 1. The quantitative estimate of drug-likeness (QED) is 0.389. The predicted molar refractivity (Wildman–Crippen MR) is 114 cm³/mol. The van der Waals surface area contributed by atoms with Gasteiger partial charge in [-0.15, -0.1) is 11.3 Å². The summed E-state index contributed by atoms with van der Waals surface area (Å²) in [6, 6.07) is 15.2. The number of rotatable bonds is 10. The number of hydrogen-bond donors (Lipinski definition) is 1. The number of esters is 1. The SMILES string of the molecule is CCOc1ccccc1NC(=O)COC(=O)CCCCc1nc2ccccc2s1. The average Bonchev–Trinajstić information content (AvgIpc) is 3.14. The minimum absolute atomic E-state index is 0.285. The first kappa shape index (κ1) is 20.8. The number of thiazole rings is 1. The van der Waals surface area contributed by atoms with Crippen molar-refractivity contribution in [1.82, 2.24) is 4.98 Å². The molecule has 1 amide bonds. The third-order valence-corrected chi connectivity index (χ3v) is 5.28. The van der Waals surface area contributed by atoms with Gasteiger partial charge < -0.3 is 14.8 Å². The molecular weight excluding hydrogens is 388 g/mol. The van der Waals surface area contributed by atoms with Gasteiger partial charge in [0.05, 0.1) is 27.5 Å². The second-order valence-electron chi connectivity index (χ2n) is 6.42. The van der Waals surface area contributed by atoms with E-state index in [1.807, 2.05) is 31.2 Å². The van der Waals surface area contributed by atoms with Crippen molar-refractivity contribution >= 4 is 39.1 Å². The molecule has 1 aromatic heterocycles. The Labute approximate surface area is 173 Å². The molecule has 0 aliphatic rings. The minimum Gasteiger partial charge on any atom is -0.492 e. The summed E-state index contributed by atoms with van der Waals surface area (Å²) in [7, 11) is 0. The molecule has 0 bridgehead atoms. The molecule has 1 heterocycles. The van der Waals surface area contributed by atoms with Crippen molar-refractivity contribution in [3.8, 4) is 5.75 Å². The molecule has 7 heteroatoms. The summed E-state index contributed by atoms with van der Waals surface area (Å²) >= 11 is 1.69. The van der Waals surface area contributed by atoms with Crippen LogP contribution in [0.1, 0.15) is 31.2 Å². The number of aryl methyl sites for hydroxylation is 1. The number of amides is 1. The maximum atomic E-state index is 12.0. The van der Waals surface area contributed by atoms with E-state index in [0.29, 0.717) is 24.5 Å². The maximum Gasteiger partial charge on any atom is 0.306 e. The highest BCUT2D eigenvalue weighted by atomic mass is 32.1. The van der Waals surface area contributed by atoms with Crippen LogP contribution in [0.25, 0.3) is 10.2 Å². The summed E-state index contributed by atoms with van der Waals surface area (Å²) in [5.41, 5.74) is 1.58. The van der Waals surface area contributed by atoms with E-state index in [1.165, 1.54) is 4.70 Å². The average molecular weight is 413 g/mol. The van der Waals surface area contributed by atoms with E-state index in [2.05, 4.69) is 16.4 Å². The molecule has 0 atom stereocenters. The molecule has 29 heavy (non-hydrogen) atoms. The zero-order chi connectivity index (χ0) is 20.5. The highest BCUT2D eigenvalue weighted by molar-refractivity contribution is 7.18. The van der Waals surface area contributed by atoms with E-state index < -0.39 is 0 Å². The van der Waals surface area contributed by atoms with Crippen LogP contribution in [0.2, 0.25) is 0 Å². The van der Waals surface area contributed by atoms with Crippen LogP contribution >= 0.6 is 11.3 Å². The first-order valence-corrected chi connectivity index (χ1v) is 10.5. The Morgan fingerprint density at radius 2 is 1.86 bits per heavy atom. The number of benzene rings is 2. The van der Waals surface area contributed by atoms with E-state index in [9.17, 15) is 9.59 Å². The largest absolute Gasteiger partial charge is 0.492 e. The van der Waals surface area contributed by atoms with Gasteiger partial charge in [0.2, 0.25) is 0 Å². The van der Waals surface area contributed by atoms with Crippen LogP contribution < -0.4 is 10.1 Å². The number of carbonyl (C=O) groups is 2. The van der Waals surface area contributed by atoms with Crippen LogP contribution in [0.5, 0.6) is 5.75 Å². The van der Waals surface area contributed by atoms with Gasteiger partial charge in [-0.05, 0) is 50.5 Å². The van der Waals surface area contributed by atoms with Gasteiger partial charge >= 0.3 is 5.97 Å². The molecular formula is C22H24N2O4S. The maximum absolute atomic E-state index is 12.0. The van der Waals surface area contributed by atoms with E-state index in [-0.39, 0.29) is 24.9 Å². The van der Waals surface area contributed by atoms with Crippen LogP contribution in [0, 0.1) is 0 Å². The second-order valence-corrected chi connectivity index (χ2v) is 7.54. The van der Waals surface area contributed by atoms with Gasteiger partial charge in [-0.2, -0.15) is 0 Å². The molecule has 6 nitrogen and oxygen atoms in total. The second kappa shape index (κ2) is 10.6.